The van der Waals surface area contributed by atoms with E-state index < -0.39 is 24.5 Å². The van der Waals surface area contributed by atoms with Gasteiger partial charge in [0, 0.05) is 5.88 Å². The Hall–Kier alpha value is -0.780. The Bertz CT molecular complexity index is 189. The third kappa shape index (κ3) is 4.17. The van der Waals surface area contributed by atoms with Crippen LogP contribution in [0.1, 0.15) is 6.42 Å². The molecule has 0 bridgehead atoms. The number of alkyl halides is 4. The Kier molecular flexibility index (Phi) is 4.02. The quantitative estimate of drug-likeness (QED) is 0.386. The number of esters is 2. The summed E-state index contributed by atoms with van der Waals surface area (Å²) in [5.74, 6) is -3.99. The van der Waals surface area contributed by atoms with E-state index in [9.17, 15) is 22.8 Å². The number of halogens is 4. The Morgan fingerprint density at radius 2 is 1.83 bits per heavy atom. The van der Waals surface area contributed by atoms with Gasteiger partial charge in [-0.25, -0.2) is 4.79 Å². The molecule has 0 radical (unpaired) electrons. The molecule has 0 N–H and O–H groups in total. The SMILES string of the molecule is O=C(CCCl)OC(=O)C(F)(F)F. The third-order valence-electron chi connectivity index (χ3n) is 0.737. The molecule has 70 valence electrons. The van der Waals surface area contributed by atoms with Gasteiger partial charge in [-0.1, -0.05) is 0 Å². The molecule has 0 saturated carbocycles. The van der Waals surface area contributed by atoms with Crippen molar-refractivity contribution in [3.63, 3.8) is 0 Å². The minimum absolute atomic E-state index is 0.191. The lowest BCUT2D eigenvalue weighted by Crippen LogP contribution is -2.28. The standard InChI is InChI=1S/C5H4ClF3O3/c6-2-1-3(10)12-4(11)5(7,8)9/h1-2H2. The van der Waals surface area contributed by atoms with E-state index in [1.165, 1.54) is 0 Å². The van der Waals surface area contributed by atoms with E-state index in [1.54, 1.807) is 0 Å². The van der Waals surface area contributed by atoms with Gasteiger partial charge < -0.3 is 4.74 Å². The predicted octanol–water partition coefficient (Wildman–Crippen LogP) is 1.25. The Labute approximate surface area is 70.4 Å². The van der Waals surface area contributed by atoms with Crippen molar-refractivity contribution in [3.05, 3.63) is 0 Å². The second-order valence-electron chi connectivity index (χ2n) is 1.70. The van der Waals surface area contributed by atoms with Crippen LogP contribution < -0.4 is 0 Å². The van der Waals surface area contributed by atoms with Gasteiger partial charge in [-0.15, -0.1) is 11.6 Å². The molecular formula is C5H4ClF3O3. The van der Waals surface area contributed by atoms with Crippen LogP contribution in [-0.2, 0) is 14.3 Å². The largest absolute Gasteiger partial charge is 0.491 e. The van der Waals surface area contributed by atoms with Crippen molar-refractivity contribution in [3.8, 4) is 0 Å². The summed E-state index contributed by atoms with van der Waals surface area (Å²) in [6, 6.07) is 0. The molecule has 0 aliphatic heterocycles. The molecule has 7 heteroatoms. The zero-order valence-corrected chi connectivity index (χ0v) is 6.41. The number of rotatable bonds is 2. The highest BCUT2D eigenvalue weighted by molar-refractivity contribution is 6.18. The van der Waals surface area contributed by atoms with Gasteiger partial charge in [0.25, 0.3) is 0 Å². The molecule has 0 atom stereocenters. The fraction of sp³-hybridized carbons (Fsp3) is 0.600. The fourth-order valence-corrected chi connectivity index (χ4v) is 0.444. The maximum atomic E-state index is 11.4. The normalized spacial score (nSPS) is 11.0. The molecule has 0 amide bonds. The van der Waals surface area contributed by atoms with Crippen molar-refractivity contribution in [2.24, 2.45) is 0 Å². The van der Waals surface area contributed by atoms with Crippen LogP contribution in [0, 0.1) is 0 Å². The number of ether oxygens (including phenoxy) is 1. The first kappa shape index (κ1) is 11.2. The molecule has 0 spiro atoms. The molecule has 0 aromatic rings. The molecule has 0 fully saturated rings. The minimum Gasteiger partial charge on any atom is -0.386 e. The highest BCUT2D eigenvalue weighted by Crippen LogP contribution is 2.16. The van der Waals surface area contributed by atoms with Crippen LogP contribution in [0.15, 0.2) is 0 Å². The molecule has 0 aliphatic carbocycles. The molecule has 0 aromatic carbocycles. The lowest BCUT2D eigenvalue weighted by Gasteiger charge is -2.03. The van der Waals surface area contributed by atoms with E-state index in [1.807, 2.05) is 0 Å². The Morgan fingerprint density at radius 1 is 1.33 bits per heavy atom. The van der Waals surface area contributed by atoms with Crippen LogP contribution in [0.2, 0.25) is 0 Å². The fourth-order valence-electron chi connectivity index (χ4n) is 0.289. The topological polar surface area (TPSA) is 43.4 Å². The molecular weight excluding hydrogens is 200 g/mol. The summed E-state index contributed by atoms with van der Waals surface area (Å²) in [5.41, 5.74) is 0. The van der Waals surface area contributed by atoms with Crippen molar-refractivity contribution < 1.29 is 27.5 Å². The smallest absolute Gasteiger partial charge is 0.386 e. The van der Waals surface area contributed by atoms with Crippen LogP contribution in [0.3, 0.4) is 0 Å². The van der Waals surface area contributed by atoms with E-state index in [0.717, 1.165) is 0 Å². The van der Waals surface area contributed by atoms with E-state index in [2.05, 4.69) is 4.74 Å². The molecule has 12 heavy (non-hydrogen) atoms. The van der Waals surface area contributed by atoms with E-state index in [-0.39, 0.29) is 5.88 Å². The number of carbonyl (C=O) groups excluding carboxylic acids is 2. The van der Waals surface area contributed by atoms with E-state index in [4.69, 9.17) is 11.6 Å². The highest BCUT2D eigenvalue weighted by Gasteiger charge is 2.42. The average molecular weight is 205 g/mol. The number of carbonyl (C=O) groups is 2. The summed E-state index contributed by atoms with van der Waals surface area (Å²) in [5, 5.41) is 0. The lowest BCUT2D eigenvalue weighted by molar-refractivity contribution is -0.201. The van der Waals surface area contributed by atoms with Crippen molar-refractivity contribution in [1.29, 1.82) is 0 Å². The van der Waals surface area contributed by atoms with Crippen molar-refractivity contribution in [1.82, 2.24) is 0 Å². The first-order valence-corrected chi connectivity index (χ1v) is 3.29. The maximum Gasteiger partial charge on any atom is 0.491 e. The molecule has 0 saturated heterocycles. The van der Waals surface area contributed by atoms with Crippen LogP contribution >= 0.6 is 11.6 Å². The van der Waals surface area contributed by atoms with Crippen LogP contribution in [-0.4, -0.2) is 24.0 Å². The van der Waals surface area contributed by atoms with Gasteiger partial charge in [-0.2, -0.15) is 13.2 Å². The summed E-state index contributed by atoms with van der Waals surface area (Å²) in [7, 11) is 0. The van der Waals surface area contributed by atoms with Gasteiger partial charge in [0.15, 0.2) is 0 Å². The zero-order chi connectivity index (χ0) is 9.78. The summed E-state index contributed by atoms with van der Waals surface area (Å²) in [6.07, 6.45) is -5.56. The van der Waals surface area contributed by atoms with Crippen molar-refractivity contribution in [2.45, 2.75) is 12.6 Å². The molecule has 3 nitrogen and oxygen atoms in total. The predicted molar refractivity (Wildman–Crippen MR) is 32.5 cm³/mol. The Morgan fingerprint density at radius 3 is 2.17 bits per heavy atom. The van der Waals surface area contributed by atoms with Crippen molar-refractivity contribution >= 4 is 23.5 Å². The molecule has 0 rings (SSSR count). The third-order valence-corrected chi connectivity index (χ3v) is 0.926. The Balaban J connectivity index is 3.94. The molecule has 0 heterocycles. The highest BCUT2D eigenvalue weighted by atomic mass is 35.5. The minimum atomic E-state index is -5.14. The first-order chi connectivity index (χ1) is 5.38. The zero-order valence-electron chi connectivity index (χ0n) is 5.65. The van der Waals surface area contributed by atoms with Gasteiger partial charge in [-0.05, 0) is 0 Å². The number of hydrogen-bond acceptors (Lipinski definition) is 3. The van der Waals surface area contributed by atoms with Gasteiger partial charge in [0.1, 0.15) is 0 Å². The van der Waals surface area contributed by atoms with Crippen LogP contribution in [0.4, 0.5) is 13.2 Å². The monoisotopic (exact) mass is 204 g/mol. The van der Waals surface area contributed by atoms with Gasteiger partial charge >= 0.3 is 18.1 Å². The second kappa shape index (κ2) is 4.30. The number of hydrogen-bond donors (Lipinski definition) is 0. The second-order valence-corrected chi connectivity index (χ2v) is 2.08. The molecule has 0 aliphatic rings. The van der Waals surface area contributed by atoms with Gasteiger partial charge in [0.05, 0.1) is 6.42 Å². The van der Waals surface area contributed by atoms with Gasteiger partial charge in [-0.3, -0.25) is 4.79 Å². The van der Waals surface area contributed by atoms with Crippen molar-refractivity contribution in [2.75, 3.05) is 5.88 Å². The van der Waals surface area contributed by atoms with Crippen LogP contribution in [0.25, 0.3) is 0 Å². The summed E-state index contributed by atoms with van der Waals surface area (Å²) in [4.78, 5) is 20.2. The van der Waals surface area contributed by atoms with Crippen LogP contribution in [0.5, 0.6) is 0 Å². The van der Waals surface area contributed by atoms with E-state index >= 15 is 0 Å². The summed E-state index contributed by atoms with van der Waals surface area (Å²) < 4.78 is 37.5. The summed E-state index contributed by atoms with van der Waals surface area (Å²) in [6.45, 7) is 0. The maximum absolute atomic E-state index is 11.4. The average Bonchev–Trinajstić information content (AvgIpc) is 1.85. The molecule has 0 unspecified atom stereocenters. The summed E-state index contributed by atoms with van der Waals surface area (Å²) >= 11 is 5.00. The van der Waals surface area contributed by atoms with Gasteiger partial charge in [0.2, 0.25) is 0 Å². The van der Waals surface area contributed by atoms with E-state index in [0.29, 0.717) is 0 Å². The first-order valence-electron chi connectivity index (χ1n) is 2.75. The molecule has 0 aromatic heterocycles. The lowest BCUT2D eigenvalue weighted by atomic mass is 10.5.